The molecular weight excluding hydrogens is 163 g/mol. The van der Waals surface area contributed by atoms with Gasteiger partial charge in [0.15, 0.2) is 0 Å². The predicted octanol–water partition coefficient (Wildman–Crippen LogP) is 0.871. The van der Waals surface area contributed by atoms with E-state index in [1.54, 1.807) is 0 Å². The van der Waals surface area contributed by atoms with Crippen molar-refractivity contribution in [2.45, 2.75) is 39.5 Å². The molecular formula is C11H23LiMg. The third-order valence-corrected chi connectivity index (χ3v) is 0.707. The Hall–Kier alpha value is 0.974. The SMILES string of the molecule is C=C[CH2-].[CH2-]CCC.[CH2-]CCC.[Li+].[Mg+2]. The molecule has 0 aromatic carbocycles. The summed E-state index contributed by atoms with van der Waals surface area (Å²) in [6, 6.07) is 0. The van der Waals surface area contributed by atoms with Gasteiger partial charge in [-0.05, 0) is 0 Å². The van der Waals surface area contributed by atoms with Gasteiger partial charge in [0.05, 0.1) is 0 Å². The number of hydrogen-bond acceptors (Lipinski definition) is 0. The molecule has 0 aliphatic rings. The van der Waals surface area contributed by atoms with Gasteiger partial charge in [-0.2, -0.15) is 12.8 Å². The maximum atomic E-state index is 3.60. The van der Waals surface area contributed by atoms with Gasteiger partial charge in [-0.25, -0.2) is 19.6 Å². The van der Waals surface area contributed by atoms with Crippen LogP contribution in [0.5, 0.6) is 0 Å². The van der Waals surface area contributed by atoms with Crippen LogP contribution in [0.25, 0.3) is 0 Å². The first kappa shape index (κ1) is 29.2. The van der Waals surface area contributed by atoms with E-state index in [9.17, 15) is 0 Å². The minimum Gasteiger partial charge on any atom is -0.343 e. The quantitative estimate of drug-likeness (QED) is 0.444. The van der Waals surface area contributed by atoms with Crippen LogP contribution in [0, 0.1) is 20.8 Å². The summed E-state index contributed by atoms with van der Waals surface area (Å²) in [4.78, 5) is 0. The van der Waals surface area contributed by atoms with Gasteiger partial charge < -0.3 is 13.8 Å². The summed E-state index contributed by atoms with van der Waals surface area (Å²) in [6.07, 6.45) is 6.06. The fraction of sp³-hybridized carbons (Fsp3) is 0.545. The molecule has 0 aliphatic heterocycles. The van der Waals surface area contributed by atoms with Gasteiger partial charge in [-0.1, -0.05) is 26.7 Å². The normalized spacial score (nSPS) is 5.54. The van der Waals surface area contributed by atoms with Gasteiger partial charge >= 0.3 is 41.9 Å². The van der Waals surface area contributed by atoms with E-state index in [1.807, 2.05) is 0 Å². The number of hydrogen-bond donors (Lipinski definition) is 0. The molecule has 0 spiro atoms. The van der Waals surface area contributed by atoms with Crippen LogP contribution in [0.1, 0.15) is 39.5 Å². The van der Waals surface area contributed by atoms with Gasteiger partial charge in [0.2, 0.25) is 0 Å². The Balaban J connectivity index is -0.0000000231. The van der Waals surface area contributed by atoms with E-state index in [2.05, 4.69) is 41.2 Å². The smallest absolute Gasteiger partial charge is 0.343 e. The fourth-order valence-electron chi connectivity index (χ4n) is 0. The number of rotatable bonds is 2. The van der Waals surface area contributed by atoms with E-state index in [0.29, 0.717) is 0 Å². The number of allylic oxidation sites excluding steroid dienone is 1. The van der Waals surface area contributed by atoms with Crippen LogP contribution in [0.3, 0.4) is 0 Å². The van der Waals surface area contributed by atoms with E-state index in [1.165, 1.54) is 18.9 Å². The third-order valence-electron chi connectivity index (χ3n) is 0.707. The average molecular weight is 187 g/mol. The first-order valence-corrected chi connectivity index (χ1v) is 4.23. The molecule has 0 bridgehead atoms. The summed E-state index contributed by atoms with van der Waals surface area (Å²) in [5.41, 5.74) is 0. The Morgan fingerprint density at radius 3 is 1.15 bits per heavy atom. The standard InChI is InChI=1S/2C4H9.C3H5.Li.Mg/c2*1-3-4-2;1-3-2;;/h2*1,3-4H2,2H3;3H,1-2H2;;/q3*-1;+1;+2. The molecule has 0 radical (unpaired) electrons. The Bertz CT molecular complexity index is 39.4. The molecule has 70 valence electrons. The van der Waals surface area contributed by atoms with Crippen LogP contribution in [0.15, 0.2) is 12.7 Å². The zero-order valence-electron chi connectivity index (χ0n) is 9.94. The molecule has 0 aromatic rings. The molecule has 0 heterocycles. The molecule has 0 saturated carbocycles. The number of unbranched alkanes of at least 4 members (excludes halogenated alkanes) is 2. The van der Waals surface area contributed by atoms with Crippen LogP contribution in [0.4, 0.5) is 0 Å². The van der Waals surface area contributed by atoms with E-state index >= 15 is 0 Å². The summed E-state index contributed by atoms with van der Waals surface area (Å²) in [5.74, 6) is 0. The summed E-state index contributed by atoms with van der Waals surface area (Å²) in [7, 11) is 0. The largest absolute Gasteiger partial charge is 2.00 e. The van der Waals surface area contributed by atoms with E-state index in [0.717, 1.165) is 12.8 Å². The topological polar surface area (TPSA) is 0 Å². The maximum Gasteiger partial charge on any atom is 2.00 e. The second-order valence-electron chi connectivity index (χ2n) is 2.00. The molecule has 0 amide bonds. The fourth-order valence-corrected chi connectivity index (χ4v) is 0. The molecule has 0 N–H and O–H groups in total. The van der Waals surface area contributed by atoms with Crippen molar-refractivity contribution in [3.8, 4) is 0 Å². The zero-order valence-corrected chi connectivity index (χ0v) is 11.4. The molecule has 0 rings (SSSR count). The van der Waals surface area contributed by atoms with E-state index < -0.39 is 0 Å². The van der Waals surface area contributed by atoms with Crippen molar-refractivity contribution in [1.29, 1.82) is 0 Å². The van der Waals surface area contributed by atoms with Gasteiger partial charge in [-0.15, -0.1) is 0 Å². The molecule has 0 fully saturated rings. The summed E-state index contributed by atoms with van der Waals surface area (Å²) in [6.45, 7) is 17.9. The Kier molecular flexibility index (Phi) is 117. The Morgan fingerprint density at radius 1 is 1.08 bits per heavy atom. The average Bonchev–Trinajstić information content (AvgIpc) is 2.06. The zero-order chi connectivity index (χ0) is 9.54. The van der Waals surface area contributed by atoms with Crippen molar-refractivity contribution in [3.63, 3.8) is 0 Å². The maximum absolute atomic E-state index is 3.60. The second kappa shape index (κ2) is 52.1. The summed E-state index contributed by atoms with van der Waals surface area (Å²) in [5, 5.41) is 0. The molecule has 0 nitrogen and oxygen atoms in total. The van der Waals surface area contributed by atoms with E-state index in [4.69, 9.17) is 0 Å². The van der Waals surface area contributed by atoms with Crippen LogP contribution in [0.2, 0.25) is 0 Å². The van der Waals surface area contributed by atoms with Crippen molar-refractivity contribution < 1.29 is 18.9 Å². The Morgan fingerprint density at radius 2 is 1.15 bits per heavy atom. The van der Waals surface area contributed by atoms with Gasteiger partial charge in [0.1, 0.15) is 0 Å². The molecule has 0 unspecified atom stereocenters. The van der Waals surface area contributed by atoms with Gasteiger partial charge in [0.25, 0.3) is 0 Å². The second-order valence-corrected chi connectivity index (χ2v) is 2.00. The first-order valence-electron chi connectivity index (χ1n) is 4.23. The van der Waals surface area contributed by atoms with Crippen molar-refractivity contribution in [2.75, 3.05) is 0 Å². The van der Waals surface area contributed by atoms with Crippen molar-refractivity contribution >= 4 is 23.1 Å². The van der Waals surface area contributed by atoms with Crippen molar-refractivity contribution in [1.82, 2.24) is 0 Å². The van der Waals surface area contributed by atoms with Crippen LogP contribution < -0.4 is 18.9 Å². The monoisotopic (exact) mass is 186 g/mol. The molecule has 0 aliphatic carbocycles. The van der Waals surface area contributed by atoms with Crippen LogP contribution >= 0.6 is 0 Å². The molecule has 13 heavy (non-hydrogen) atoms. The third kappa shape index (κ3) is 177. The van der Waals surface area contributed by atoms with Gasteiger partial charge in [0, 0.05) is 0 Å². The van der Waals surface area contributed by atoms with Crippen LogP contribution in [-0.2, 0) is 0 Å². The van der Waals surface area contributed by atoms with Crippen LogP contribution in [-0.4, -0.2) is 23.1 Å². The van der Waals surface area contributed by atoms with Gasteiger partial charge in [-0.3, -0.25) is 0 Å². The Labute approximate surface area is 114 Å². The minimum atomic E-state index is 0. The first-order chi connectivity index (χ1) is 5.24. The van der Waals surface area contributed by atoms with Crippen molar-refractivity contribution in [3.05, 3.63) is 33.4 Å². The minimum absolute atomic E-state index is 0. The molecule has 0 aromatic heterocycles. The van der Waals surface area contributed by atoms with Crippen molar-refractivity contribution in [2.24, 2.45) is 0 Å². The predicted molar refractivity (Wildman–Crippen MR) is 61.8 cm³/mol. The molecule has 0 saturated heterocycles. The van der Waals surface area contributed by atoms with E-state index in [-0.39, 0.29) is 41.9 Å². The summed E-state index contributed by atoms with van der Waals surface area (Å²) < 4.78 is 0. The summed E-state index contributed by atoms with van der Waals surface area (Å²) >= 11 is 0. The molecule has 2 heteroatoms. The molecule has 0 atom stereocenters.